The lowest BCUT2D eigenvalue weighted by Gasteiger charge is -2.25. The molecule has 1 fully saturated rings. The Bertz CT molecular complexity index is 328. The van der Waals surface area contributed by atoms with E-state index in [1.807, 2.05) is 24.8 Å². The van der Waals surface area contributed by atoms with Gasteiger partial charge in [-0.25, -0.2) is 0 Å². The summed E-state index contributed by atoms with van der Waals surface area (Å²) < 4.78 is 5.21. The van der Waals surface area contributed by atoms with Crippen molar-refractivity contribution in [2.45, 2.75) is 26.7 Å². The zero-order valence-electron chi connectivity index (χ0n) is 11.3. The first kappa shape index (κ1) is 14.9. The number of ether oxygens (including phenoxy) is 1. The minimum absolute atomic E-state index is 0.0821. The van der Waals surface area contributed by atoms with Crippen molar-refractivity contribution in [3.8, 4) is 0 Å². The van der Waals surface area contributed by atoms with E-state index in [9.17, 15) is 4.79 Å². The molecule has 0 unspecified atom stereocenters. The molecule has 0 radical (unpaired) electrons. The summed E-state index contributed by atoms with van der Waals surface area (Å²) in [5.74, 6) is 0.0821. The molecule has 0 saturated carbocycles. The third-order valence-electron chi connectivity index (χ3n) is 2.97. The number of aliphatic hydroxyl groups is 1. The molecule has 1 aliphatic rings. The maximum atomic E-state index is 11.9. The molecule has 0 aliphatic carbocycles. The van der Waals surface area contributed by atoms with E-state index in [0.29, 0.717) is 26.3 Å². The highest BCUT2D eigenvalue weighted by Gasteiger charge is 2.14. The standard InChI is InChI=1S/C14H23NO3/c1-12(4-3-5-13(2)11-16)10-14(17)15-6-8-18-9-7-15/h5,10,16H,3-4,6-9,11H2,1-2H3. The Kier molecular flexibility index (Phi) is 6.68. The first-order valence-electron chi connectivity index (χ1n) is 6.44. The molecule has 0 spiro atoms. The summed E-state index contributed by atoms with van der Waals surface area (Å²) in [6, 6.07) is 0. The second-order valence-corrected chi connectivity index (χ2v) is 4.68. The van der Waals surface area contributed by atoms with Gasteiger partial charge in [-0.15, -0.1) is 0 Å². The molecule has 0 aromatic rings. The summed E-state index contributed by atoms with van der Waals surface area (Å²) in [5.41, 5.74) is 2.05. The van der Waals surface area contributed by atoms with Crippen LogP contribution in [0.25, 0.3) is 0 Å². The summed E-state index contributed by atoms with van der Waals surface area (Å²) in [5, 5.41) is 8.86. The quantitative estimate of drug-likeness (QED) is 0.597. The number of carbonyl (C=O) groups is 1. The molecule has 102 valence electrons. The fraction of sp³-hybridized carbons (Fsp3) is 0.643. The van der Waals surface area contributed by atoms with Crippen LogP contribution < -0.4 is 0 Å². The summed E-state index contributed by atoms with van der Waals surface area (Å²) in [7, 11) is 0. The van der Waals surface area contributed by atoms with Crippen molar-refractivity contribution in [2.24, 2.45) is 0 Å². The number of hydrogen-bond donors (Lipinski definition) is 1. The van der Waals surface area contributed by atoms with Crippen LogP contribution in [0.15, 0.2) is 23.3 Å². The van der Waals surface area contributed by atoms with E-state index in [2.05, 4.69) is 0 Å². The van der Waals surface area contributed by atoms with E-state index in [4.69, 9.17) is 9.84 Å². The second kappa shape index (κ2) is 8.06. The summed E-state index contributed by atoms with van der Waals surface area (Å²) in [4.78, 5) is 13.7. The number of hydrogen-bond acceptors (Lipinski definition) is 3. The minimum Gasteiger partial charge on any atom is -0.392 e. The molecular formula is C14H23NO3. The monoisotopic (exact) mass is 253 g/mol. The van der Waals surface area contributed by atoms with Gasteiger partial charge in [0.05, 0.1) is 19.8 Å². The average molecular weight is 253 g/mol. The van der Waals surface area contributed by atoms with E-state index >= 15 is 0 Å². The Hall–Kier alpha value is -1.13. The van der Waals surface area contributed by atoms with Crippen molar-refractivity contribution in [1.29, 1.82) is 0 Å². The summed E-state index contributed by atoms with van der Waals surface area (Å²) in [6.07, 6.45) is 5.45. The highest BCUT2D eigenvalue weighted by atomic mass is 16.5. The number of amides is 1. The second-order valence-electron chi connectivity index (χ2n) is 4.68. The maximum absolute atomic E-state index is 11.9. The van der Waals surface area contributed by atoms with Crippen molar-refractivity contribution >= 4 is 5.91 Å². The average Bonchev–Trinajstić information content (AvgIpc) is 2.39. The van der Waals surface area contributed by atoms with Gasteiger partial charge in [0.2, 0.25) is 5.91 Å². The van der Waals surface area contributed by atoms with Crippen LogP contribution in [-0.4, -0.2) is 48.8 Å². The zero-order valence-corrected chi connectivity index (χ0v) is 11.3. The van der Waals surface area contributed by atoms with Crippen LogP contribution in [0.5, 0.6) is 0 Å². The Morgan fingerprint density at radius 2 is 1.94 bits per heavy atom. The predicted octanol–water partition coefficient (Wildman–Crippen LogP) is 1.51. The van der Waals surface area contributed by atoms with Gasteiger partial charge in [-0.05, 0) is 26.7 Å². The largest absolute Gasteiger partial charge is 0.392 e. The van der Waals surface area contributed by atoms with Gasteiger partial charge in [-0.2, -0.15) is 0 Å². The van der Waals surface area contributed by atoms with Gasteiger partial charge in [0.15, 0.2) is 0 Å². The van der Waals surface area contributed by atoms with Gasteiger partial charge < -0.3 is 14.7 Å². The lowest BCUT2D eigenvalue weighted by molar-refractivity contribution is -0.130. The van der Waals surface area contributed by atoms with Gasteiger partial charge in [0.25, 0.3) is 0 Å². The van der Waals surface area contributed by atoms with E-state index in [-0.39, 0.29) is 12.5 Å². The minimum atomic E-state index is 0.0821. The summed E-state index contributed by atoms with van der Waals surface area (Å²) >= 11 is 0. The van der Waals surface area contributed by atoms with Crippen molar-refractivity contribution < 1.29 is 14.6 Å². The Balaban J connectivity index is 2.37. The molecular weight excluding hydrogens is 230 g/mol. The van der Waals surface area contributed by atoms with E-state index in [0.717, 1.165) is 24.0 Å². The fourth-order valence-electron chi connectivity index (χ4n) is 1.77. The molecule has 1 saturated heterocycles. The number of aliphatic hydroxyl groups excluding tert-OH is 1. The van der Waals surface area contributed by atoms with Crippen LogP contribution in [0, 0.1) is 0 Å². The molecule has 0 bridgehead atoms. The Morgan fingerprint density at radius 3 is 2.56 bits per heavy atom. The fourth-order valence-corrected chi connectivity index (χ4v) is 1.77. The normalized spacial score (nSPS) is 18.1. The van der Waals surface area contributed by atoms with Crippen molar-refractivity contribution in [1.82, 2.24) is 4.90 Å². The molecule has 0 aromatic carbocycles. The first-order chi connectivity index (χ1) is 8.63. The number of nitrogens with zero attached hydrogens (tertiary/aromatic N) is 1. The number of carbonyl (C=O) groups excluding carboxylic acids is 1. The smallest absolute Gasteiger partial charge is 0.246 e. The van der Waals surface area contributed by atoms with Gasteiger partial charge in [0.1, 0.15) is 0 Å². The first-order valence-corrected chi connectivity index (χ1v) is 6.44. The van der Waals surface area contributed by atoms with Crippen LogP contribution in [-0.2, 0) is 9.53 Å². The molecule has 0 atom stereocenters. The van der Waals surface area contributed by atoms with E-state index in [1.54, 1.807) is 6.08 Å². The Labute approximate surface area is 109 Å². The number of morpholine rings is 1. The molecule has 18 heavy (non-hydrogen) atoms. The SMILES string of the molecule is CC(=CCCC(C)=CC(=O)N1CCOCC1)CO. The van der Waals surface area contributed by atoms with Gasteiger partial charge in [-0.3, -0.25) is 4.79 Å². The third kappa shape index (κ3) is 5.47. The summed E-state index contributed by atoms with van der Waals surface area (Å²) in [6.45, 7) is 6.63. The van der Waals surface area contributed by atoms with Crippen LogP contribution in [0.1, 0.15) is 26.7 Å². The molecule has 4 nitrogen and oxygen atoms in total. The lowest BCUT2D eigenvalue weighted by Crippen LogP contribution is -2.39. The van der Waals surface area contributed by atoms with Gasteiger partial charge in [-0.1, -0.05) is 17.2 Å². The van der Waals surface area contributed by atoms with E-state index < -0.39 is 0 Å². The van der Waals surface area contributed by atoms with Crippen LogP contribution in [0.2, 0.25) is 0 Å². The van der Waals surface area contributed by atoms with E-state index in [1.165, 1.54) is 0 Å². The highest BCUT2D eigenvalue weighted by molar-refractivity contribution is 5.88. The molecule has 0 aromatic heterocycles. The predicted molar refractivity (Wildman–Crippen MR) is 71.2 cm³/mol. The molecule has 1 amide bonds. The van der Waals surface area contributed by atoms with Crippen molar-refractivity contribution in [3.63, 3.8) is 0 Å². The highest BCUT2D eigenvalue weighted by Crippen LogP contribution is 2.08. The third-order valence-corrected chi connectivity index (χ3v) is 2.97. The van der Waals surface area contributed by atoms with Crippen LogP contribution in [0.3, 0.4) is 0 Å². The Morgan fingerprint density at radius 1 is 1.28 bits per heavy atom. The maximum Gasteiger partial charge on any atom is 0.246 e. The number of allylic oxidation sites excluding steroid dienone is 2. The van der Waals surface area contributed by atoms with Gasteiger partial charge in [0, 0.05) is 19.2 Å². The van der Waals surface area contributed by atoms with Crippen molar-refractivity contribution in [3.05, 3.63) is 23.3 Å². The van der Waals surface area contributed by atoms with Crippen LogP contribution in [0.4, 0.5) is 0 Å². The van der Waals surface area contributed by atoms with Crippen molar-refractivity contribution in [2.75, 3.05) is 32.9 Å². The van der Waals surface area contributed by atoms with Gasteiger partial charge >= 0.3 is 0 Å². The van der Waals surface area contributed by atoms with Crippen LogP contribution >= 0.6 is 0 Å². The molecule has 1 N–H and O–H groups in total. The topological polar surface area (TPSA) is 49.8 Å². The number of rotatable bonds is 5. The lowest BCUT2D eigenvalue weighted by atomic mass is 10.1. The molecule has 4 heteroatoms. The zero-order chi connectivity index (χ0) is 13.4. The molecule has 1 aliphatic heterocycles. The molecule has 1 heterocycles. The molecule has 1 rings (SSSR count).